The molecule has 3 N–H and O–H groups in total. The molecule has 0 bridgehead atoms. The van der Waals surface area contributed by atoms with Gasteiger partial charge in [0.1, 0.15) is 5.75 Å². The number of nitrogens with two attached hydrogens (primary N) is 1. The SMILES string of the molecule is COc1ccc(C(C)NC2CC(N)C2)cc1Br. The molecule has 1 aromatic carbocycles. The number of rotatable bonds is 4. The molecule has 94 valence electrons. The Morgan fingerprint density at radius 3 is 2.71 bits per heavy atom. The second kappa shape index (κ2) is 5.38. The monoisotopic (exact) mass is 298 g/mol. The van der Waals surface area contributed by atoms with E-state index >= 15 is 0 Å². The fraction of sp³-hybridized carbons (Fsp3) is 0.538. The predicted molar refractivity (Wildman–Crippen MR) is 73.2 cm³/mol. The highest BCUT2D eigenvalue weighted by molar-refractivity contribution is 9.10. The van der Waals surface area contributed by atoms with Gasteiger partial charge in [-0.25, -0.2) is 0 Å². The number of ether oxygens (including phenoxy) is 1. The molecule has 4 heteroatoms. The average Bonchev–Trinajstić information content (AvgIpc) is 2.26. The molecule has 3 nitrogen and oxygen atoms in total. The van der Waals surface area contributed by atoms with Gasteiger partial charge in [0.15, 0.2) is 0 Å². The second-order valence-corrected chi connectivity index (χ2v) is 5.57. The Labute approximate surface area is 111 Å². The summed E-state index contributed by atoms with van der Waals surface area (Å²) in [4.78, 5) is 0. The zero-order chi connectivity index (χ0) is 12.4. The van der Waals surface area contributed by atoms with E-state index in [0.717, 1.165) is 23.1 Å². The molecule has 1 unspecified atom stereocenters. The third kappa shape index (κ3) is 3.00. The Morgan fingerprint density at radius 1 is 1.47 bits per heavy atom. The minimum Gasteiger partial charge on any atom is -0.496 e. The highest BCUT2D eigenvalue weighted by Crippen LogP contribution is 2.29. The van der Waals surface area contributed by atoms with E-state index in [1.165, 1.54) is 5.56 Å². The van der Waals surface area contributed by atoms with E-state index in [2.05, 4.69) is 40.3 Å². The topological polar surface area (TPSA) is 47.3 Å². The van der Waals surface area contributed by atoms with Crippen molar-refractivity contribution in [1.82, 2.24) is 5.32 Å². The molecule has 0 radical (unpaired) electrons. The lowest BCUT2D eigenvalue weighted by atomic mass is 9.87. The molecule has 1 atom stereocenters. The number of hydrogen-bond acceptors (Lipinski definition) is 3. The first-order valence-corrected chi connectivity index (χ1v) is 6.74. The Morgan fingerprint density at radius 2 is 2.18 bits per heavy atom. The van der Waals surface area contributed by atoms with E-state index in [4.69, 9.17) is 10.5 Å². The molecule has 0 saturated heterocycles. The number of benzene rings is 1. The summed E-state index contributed by atoms with van der Waals surface area (Å²) in [6.45, 7) is 2.18. The molecule has 1 aromatic rings. The lowest BCUT2D eigenvalue weighted by Gasteiger charge is -2.35. The highest BCUT2D eigenvalue weighted by Gasteiger charge is 2.26. The van der Waals surface area contributed by atoms with Gasteiger partial charge in [0, 0.05) is 18.1 Å². The van der Waals surface area contributed by atoms with Crippen LogP contribution in [0.5, 0.6) is 5.75 Å². The van der Waals surface area contributed by atoms with Crippen LogP contribution in [0.4, 0.5) is 0 Å². The standard InChI is InChI=1S/C13H19BrN2O/c1-8(16-11-6-10(15)7-11)9-3-4-13(17-2)12(14)5-9/h3-5,8,10-11,16H,6-7,15H2,1-2H3. The Bertz CT molecular complexity index is 391. The average molecular weight is 299 g/mol. The first kappa shape index (κ1) is 12.9. The van der Waals surface area contributed by atoms with Gasteiger partial charge in [-0.2, -0.15) is 0 Å². The molecule has 0 spiro atoms. The molecule has 1 aliphatic rings. The Hall–Kier alpha value is -0.580. The van der Waals surface area contributed by atoms with E-state index in [9.17, 15) is 0 Å². The van der Waals surface area contributed by atoms with Crippen molar-refractivity contribution in [2.45, 2.75) is 37.9 Å². The maximum Gasteiger partial charge on any atom is 0.133 e. The Balaban J connectivity index is 1.99. The molecule has 0 heterocycles. The third-order valence-electron chi connectivity index (χ3n) is 3.34. The minimum atomic E-state index is 0.342. The van der Waals surface area contributed by atoms with Crippen molar-refractivity contribution in [3.8, 4) is 5.75 Å². The van der Waals surface area contributed by atoms with Crippen LogP contribution < -0.4 is 15.8 Å². The van der Waals surface area contributed by atoms with Crippen LogP contribution in [0.2, 0.25) is 0 Å². The summed E-state index contributed by atoms with van der Waals surface area (Å²) in [6, 6.07) is 7.50. The van der Waals surface area contributed by atoms with Gasteiger partial charge < -0.3 is 15.8 Å². The summed E-state index contributed by atoms with van der Waals surface area (Å²) in [6.07, 6.45) is 2.17. The molecule has 0 aromatic heterocycles. The van der Waals surface area contributed by atoms with Crippen LogP contribution in [0.15, 0.2) is 22.7 Å². The van der Waals surface area contributed by atoms with Crippen molar-refractivity contribution in [1.29, 1.82) is 0 Å². The molecule has 2 rings (SSSR count). The van der Waals surface area contributed by atoms with E-state index in [0.29, 0.717) is 18.1 Å². The number of methoxy groups -OCH3 is 1. The van der Waals surface area contributed by atoms with Crippen LogP contribution >= 0.6 is 15.9 Å². The molecule has 1 fully saturated rings. The van der Waals surface area contributed by atoms with Crippen LogP contribution in [0.1, 0.15) is 31.4 Å². The third-order valence-corrected chi connectivity index (χ3v) is 3.96. The molecular weight excluding hydrogens is 280 g/mol. The summed E-state index contributed by atoms with van der Waals surface area (Å²) in [5.41, 5.74) is 7.04. The van der Waals surface area contributed by atoms with Crippen LogP contribution in [0.3, 0.4) is 0 Å². The van der Waals surface area contributed by atoms with Gasteiger partial charge in [0.2, 0.25) is 0 Å². The zero-order valence-corrected chi connectivity index (χ0v) is 11.8. The summed E-state index contributed by atoms with van der Waals surface area (Å²) >= 11 is 3.51. The smallest absolute Gasteiger partial charge is 0.133 e. The maximum atomic E-state index is 5.78. The molecule has 0 aliphatic heterocycles. The predicted octanol–water partition coefficient (Wildman–Crippen LogP) is 2.60. The van der Waals surface area contributed by atoms with Crippen molar-refractivity contribution in [3.05, 3.63) is 28.2 Å². The fourth-order valence-corrected chi connectivity index (χ4v) is 2.76. The maximum absolute atomic E-state index is 5.78. The van der Waals surface area contributed by atoms with Gasteiger partial charge in [0.05, 0.1) is 11.6 Å². The van der Waals surface area contributed by atoms with E-state index in [1.54, 1.807) is 7.11 Å². The van der Waals surface area contributed by atoms with E-state index in [-0.39, 0.29) is 0 Å². The normalized spacial score (nSPS) is 25.2. The molecular formula is C13H19BrN2O. The van der Waals surface area contributed by atoms with Gasteiger partial charge in [-0.15, -0.1) is 0 Å². The molecule has 1 saturated carbocycles. The summed E-state index contributed by atoms with van der Waals surface area (Å²) in [7, 11) is 1.68. The first-order valence-electron chi connectivity index (χ1n) is 5.95. The second-order valence-electron chi connectivity index (χ2n) is 4.71. The lowest BCUT2D eigenvalue weighted by Crippen LogP contribution is -2.49. The fourth-order valence-electron chi connectivity index (χ4n) is 2.20. The lowest BCUT2D eigenvalue weighted by molar-refractivity contribution is 0.272. The van der Waals surface area contributed by atoms with Crippen LogP contribution in [0.25, 0.3) is 0 Å². The van der Waals surface area contributed by atoms with Crippen molar-refractivity contribution in [2.75, 3.05) is 7.11 Å². The highest BCUT2D eigenvalue weighted by atomic mass is 79.9. The van der Waals surface area contributed by atoms with Crippen LogP contribution in [0, 0.1) is 0 Å². The first-order chi connectivity index (χ1) is 8.10. The van der Waals surface area contributed by atoms with Gasteiger partial charge in [-0.05, 0) is 53.4 Å². The summed E-state index contributed by atoms with van der Waals surface area (Å²) < 4.78 is 6.22. The molecule has 0 amide bonds. The van der Waals surface area contributed by atoms with Crippen LogP contribution in [-0.2, 0) is 0 Å². The van der Waals surface area contributed by atoms with Crippen molar-refractivity contribution in [2.24, 2.45) is 5.73 Å². The van der Waals surface area contributed by atoms with E-state index < -0.39 is 0 Å². The summed E-state index contributed by atoms with van der Waals surface area (Å²) in [5.74, 6) is 0.867. The van der Waals surface area contributed by atoms with Gasteiger partial charge in [-0.3, -0.25) is 0 Å². The largest absolute Gasteiger partial charge is 0.496 e. The molecule has 1 aliphatic carbocycles. The number of hydrogen-bond donors (Lipinski definition) is 2. The number of nitrogens with one attached hydrogen (secondary N) is 1. The summed E-state index contributed by atoms with van der Waals surface area (Å²) in [5, 5.41) is 3.59. The quantitative estimate of drug-likeness (QED) is 0.898. The zero-order valence-electron chi connectivity index (χ0n) is 10.2. The van der Waals surface area contributed by atoms with Crippen molar-refractivity contribution < 1.29 is 4.74 Å². The minimum absolute atomic E-state index is 0.342. The van der Waals surface area contributed by atoms with Crippen molar-refractivity contribution >= 4 is 15.9 Å². The van der Waals surface area contributed by atoms with Gasteiger partial charge in [0.25, 0.3) is 0 Å². The van der Waals surface area contributed by atoms with E-state index in [1.807, 2.05) is 6.07 Å². The molecule has 17 heavy (non-hydrogen) atoms. The van der Waals surface area contributed by atoms with Gasteiger partial charge in [-0.1, -0.05) is 6.07 Å². The van der Waals surface area contributed by atoms with Crippen molar-refractivity contribution in [3.63, 3.8) is 0 Å². The van der Waals surface area contributed by atoms with Crippen LogP contribution in [-0.4, -0.2) is 19.2 Å². The number of halogens is 1. The Kier molecular flexibility index (Phi) is 4.07. The van der Waals surface area contributed by atoms with Gasteiger partial charge >= 0.3 is 0 Å².